The highest BCUT2D eigenvalue weighted by Crippen LogP contribution is 2.50. The normalized spacial score (nSPS) is 22.8. The summed E-state index contributed by atoms with van der Waals surface area (Å²) in [4.78, 5) is 17.8. The number of carbonyl (C=O) groups excluding carboxylic acids is 1. The molecule has 2 N–H and O–H groups in total. The van der Waals surface area contributed by atoms with Crippen molar-refractivity contribution in [3.63, 3.8) is 0 Å². The average molecular weight is 469 g/mol. The van der Waals surface area contributed by atoms with Crippen LogP contribution < -0.4 is 10.1 Å². The zero-order chi connectivity index (χ0) is 24.0. The molecule has 2 aliphatic heterocycles. The molecule has 0 bridgehead atoms. The molecule has 1 aromatic heterocycles. The second-order valence-electron chi connectivity index (χ2n) is 11.1. The fourth-order valence-corrected chi connectivity index (χ4v) is 6.83. The van der Waals surface area contributed by atoms with E-state index in [-0.39, 0.29) is 30.1 Å². The summed E-state index contributed by atoms with van der Waals surface area (Å²) in [6.07, 6.45) is 6.79. The largest absolute Gasteiger partial charge is 0.497 e. The van der Waals surface area contributed by atoms with E-state index in [1.165, 1.54) is 43.1 Å². The molecule has 0 unspecified atom stereocenters. The minimum atomic E-state index is -0.366. The molecular weight excluding hydrogens is 428 g/mol. The van der Waals surface area contributed by atoms with E-state index in [0.29, 0.717) is 6.54 Å². The lowest BCUT2D eigenvalue weighted by Gasteiger charge is -2.57. The van der Waals surface area contributed by atoms with Crippen molar-refractivity contribution in [2.75, 3.05) is 39.9 Å². The van der Waals surface area contributed by atoms with Crippen LogP contribution in [-0.2, 0) is 12.5 Å². The number of likely N-dealkylation sites (tertiary alicyclic amines) is 1. The molecule has 1 atom stereocenters. The second kappa shape index (κ2) is 9.08. The Balaban J connectivity index is 1.55. The van der Waals surface area contributed by atoms with Gasteiger partial charge in [0.2, 0.25) is 0 Å². The maximum absolute atomic E-state index is 13.3. The van der Waals surface area contributed by atoms with Crippen LogP contribution in [0, 0.1) is 5.92 Å². The van der Waals surface area contributed by atoms with Crippen LogP contribution in [0.2, 0.25) is 0 Å². The van der Waals surface area contributed by atoms with E-state index in [2.05, 4.69) is 34.0 Å². The van der Waals surface area contributed by atoms with E-state index in [0.717, 1.165) is 42.5 Å². The van der Waals surface area contributed by atoms with E-state index < -0.39 is 0 Å². The van der Waals surface area contributed by atoms with Gasteiger partial charge >= 0.3 is 6.03 Å². The Morgan fingerprint density at radius 1 is 1.21 bits per heavy atom. The highest BCUT2D eigenvalue weighted by atomic mass is 16.5. The lowest BCUT2D eigenvalue weighted by atomic mass is 9.68. The Hall–Kier alpha value is -2.25. The van der Waals surface area contributed by atoms with Crippen LogP contribution in [0.4, 0.5) is 4.79 Å². The Labute approximate surface area is 203 Å². The number of amides is 2. The first-order valence-electron chi connectivity index (χ1n) is 12.9. The molecule has 3 aliphatic rings. The lowest BCUT2D eigenvalue weighted by Crippen LogP contribution is -2.68. The third kappa shape index (κ3) is 3.87. The minimum Gasteiger partial charge on any atom is -0.497 e. The van der Waals surface area contributed by atoms with Crippen LogP contribution in [0.25, 0.3) is 10.9 Å². The number of aromatic nitrogens is 1. The predicted molar refractivity (Wildman–Crippen MR) is 134 cm³/mol. The molecule has 2 aromatic rings. The van der Waals surface area contributed by atoms with Crippen LogP contribution in [-0.4, -0.2) is 71.4 Å². The molecule has 7 nitrogen and oxygen atoms in total. The molecule has 34 heavy (non-hydrogen) atoms. The molecule has 7 heteroatoms. The van der Waals surface area contributed by atoms with Crippen molar-refractivity contribution in [2.24, 2.45) is 13.0 Å². The Bertz CT molecular complexity index is 1050. The van der Waals surface area contributed by atoms with Crippen LogP contribution in [0.1, 0.15) is 63.3 Å². The van der Waals surface area contributed by atoms with Gasteiger partial charge in [-0.1, -0.05) is 19.3 Å². The van der Waals surface area contributed by atoms with E-state index in [1.54, 1.807) is 7.11 Å². The monoisotopic (exact) mass is 468 g/mol. The van der Waals surface area contributed by atoms with Crippen LogP contribution in [0.5, 0.6) is 5.75 Å². The zero-order valence-corrected chi connectivity index (χ0v) is 21.1. The fourth-order valence-electron chi connectivity index (χ4n) is 6.83. The summed E-state index contributed by atoms with van der Waals surface area (Å²) in [6.45, 7) is 7.59. The van der Waals surface area contributed by atoms with Gasteiger partial charge in [0.25, 0.3) is 0 Å². The minimum absolute atomic E-state index is 0.0464. The third-order valence-corrected chi connectivity index (χ3v) is 8.29. The summed E-state index contributed by atoms with van der Waals surface area (Å²) in [7, 11) is 3.74. The summed E-state index contributed by atoms with van der Waals surface area (Å²) < 4.78 is 7.69. The molecule has 1 saturated carbocycles. The number of rotatable bonds is 5. The number of benzene rings is 1. The maximum atomic E-state index is 13.3. The fraction of sp³-hybridized carbons (Fsp3) is 0.667. The molecule has 1 spiro atoms. The molecule has 5 rings (SSSR count). The van der Waals surface area contributed by atoms with Crippen LogP contribution in [0.3, 0.4) is 0 Å². The van der Waals surface area contributed by atoms with Crippen molar-refractivity contribution in [1.82, 2.24) is 19.7 Å². The molecular formula is C27H40N4O3. The molecule has 2 fully saturated rings. The molecule has 1 saturated heterocycles. The third-order valence-electron chi connectivity index (χ3n) is 8.29. The molecule has 2 amide bonds. The Morgan fingerprint density at radius 3 is 2.59 bits per heavy atom. The lowest BCUT2D eigenvalue weighted by molar-refractivity contribution is -0.00105. The smallest absolute Gasteiger partial charge is 0.318 e. The van der Waals surface area contributed by atoms with Crippen LogP contribution >= 0.6 is 0 Å². The van der Waals surface area contributed by atoms with Gasteiger partial charge in [0, 0.05) is 61.8 Å². The number of aliphatic hydroxyl groups excluding tert-OH is 1. The number of urea groups is 1. The standard InChI is InChI=1S/C27H40N4O3/c1-18(2)28-26(33)31-17-27(15-30(16-27)13-19-8-6-5-7-9-19)24-21-11-10-20(34-4)12-22(21)29(3)25(24)23(31)14-32/h10-12,18-19,23,32H,5-9,13-17H2,1-4H3,(H,28,33)/t23-/m1/s1. The first-order valence-corrected chi connectivity index (χ1v) is 12.9. The quantitative estimate of drug-likeness (QED) is 0.701. The summed E-state index contributed by atoms with van der Waals surface area (Å²) in [5.74, 6) is 1.62. The number of aliphatic hydroxyl groups is 1. The van der Waals surface area contributed by atoms with Gasteiger partial charge in [-0.05, 0) is 50.3 Å². The van der Waals surface area contributed by atoms with Crippen molar-refractivity contribution in [3.8, 4) is 5.75 Å². The van der Waals surface area contributed by atoms with Gasteiger partial charge in [0.1, 0.15) is 5.75 Å². The summed E-state index contributed by atoms with van der Waals surface area (Å²) in [6, 6.07) is 5.86. The van der Waals surface area contributed by atoms with Crippen LogP contribution in [0.15, 0.2) is 18.2 Å². The van der Waals surface area contributed by atoms with Gasteiger partial charge < -0.3 is 29.5 Å². The maximum Gasteiger partial charge on any atom is 0.318 e. The first kappa shape index (κ1) is 23.5. The Morgan fingerprint density at radius 2 is 1.94 bits per heavy atom. The number of nitrogens with zero attached hydrogens (tertiary/aromatic N) is 3. The van der Waals surface area contributed by atoms with E-state index >= 15 is 0 Å². The molecule has 1 aliphatic carbocycles. The van der Waals surface area contributed by atoms with Gasteiger partial charge in [-0.15, -0.1) is 0 Å². The molecule has 1 aromatic carbocycles. The summed E-state index contributed by atoms with van der Waals surface area (Å²) in [5.41, 5.74) is 3.37. The zero-order valence-electron chi connectivity index (χ0n) is 21.1. The van der Waals surface area contributed by atoms with Crippen molar-refractivity contribution in [3.05, 3.63) is 29.5 Å². The number of ether oxygens (including phenoxy) is 1. The average Bonchev–Trinajstić information content (AvgIpc) is 3.10. The van der Waals surface area contributed by atoms with Crippen molar-refractivity contribution < 1.29 is 14.6 Å². The second-order valence-corrected chi connectivity index (χ2v) is 11.1. The van der Waals surface area contributed by atoms with Crippen molar-refractivity contribution in [2.45, 2.75) is 63.5 Å². The summed E-state index contributed by atoms with van der Waals surface area (Å²) in [5, 5.41) is 14.8. The highest BCUT2D eigenvalue weighted by Gasteiger charge is 2.54. The van der Waals surface area contributed by atoms with Gasteiger partial charge in [0.05, 0.1) is 25.3 Å². The Kier molecular flexibility index (Phi) is 6.27. The van der Waals surface area contributed by atoms with Crippen molar-refractivity contribution in [1.29, 1.82) is 0 Å². The topological polar surface area (TPSA) is 70.0 Å². The number of carbonyl (C=O) groups is 1. The first-order chi connectivity index (χ1) is 16.4. The molecule has 0 radical (unpaired) electrons. The molecule has 3 heterocycles. The van der Waals surface area contributed by atoms with E-state index in [4.69, 9.17) is 4.74 Å². The van der Waals surface area contributed by atoms with Gasteiger partial charge in [-0.3, -0.25) is 0 Å². The summed E-state index contributed by atoms with van der Waals surface area (Å²) >= 11 is 0. The van der Waals surface area contributed by atoms with Crippen molar-refractivity contribution >= 4 is 16.9 Å². The van der Waals surface area contributed by atoms with E-state index in [9.17, 15) is 9.90 Å². The van der Waals surface area contributed by atoms with Gasteiger partial charge in [-0.2, -0.15) is 0 Å². The number of nitrogens with one attached hydrogen (secondary N) is 1. The molecule has 186 valence electrons. The van der Waals surface area contributed by atoms with Gasteiger partial charge in [-0.25, -0.2) is 4.79 Å². The number of methoxy groups -OCH3 is 1. The number of fused-ring (bicyclic) bond motifs is 4. The highest BCUT2D eigenvalue weighted by molar-refractivity contribution is 5.90. The van der Waals surface area contributed by atoms with E-state index in [1.807, 2.05) is 24.8 Å². The van der Waals surface area contributed by atoms with Gasteiger partial charge in [0.15, 0.2) is 0 Å². The predicted octanol–water partition coefficient (Wildman–Crippen LogP) is 3.79. The SMILES string of the molecule is COc1ccc2c3c(n(C)c2c1)[C@@H](CO)N(C(=O)NC(C)C)CC31CN(CC2CCCCC2)C1. The number of hydrogen-bond acceptors (Lipinski definition) is 4. The number of hydrogen-bond donors (Lipinski definition) is 2. The number of aryl methyl sites for hydroxylation is 1.